The molecule has 0 spiro atoms. The number of nitrogens with two attached hydrogens (primary N) is 1. The number of hydrogen-bond donors (Lipinski definition) is 2. The molecule has 2 amide bonds. The molecule has 1 aromatic rings. The lowest BCUT2D eigenvalue weighted by atomic mass is 9.93. The van der Waals surface area contributed by atoms with Crippen molar-refractivity contribution in [2.75, 3.05) is 13.1 Å². The van der Waals surface area contributed by atoms with Gasteiger partial charge < -0.3 is 16.0 Å². The number of nitrogens with one attached hydrogen (secondary N) is 1. The summed E-state index contributed by atoms with van der Waals surface area (Å²) >= 11 is 0. The predicted molar refractivity (Wildman–Crippen MR) is 79.1 cm³/mol. The van der Waals surface area contributed by atoms with E-state index in [1.54, 1.807) is 12.1 Å². The number of fused-ring (bicyclic) bond motifs is 2. The smallest absolute Gasteiger partial charge is 0.317 e. The van der Waals surface area contributed by atoms with E-state index in [2.05, 4.69) is 5.32 Å². The van der Waals surface area contributed by atoms with Crippen LogP contribution in [0.3, 0.4) is 0 Å². The van der Waals surface area contributed by atoms with E-state index in [9.17, 15) is 9.18 Å². The molecular formula is C16H22FN3O. The van der Waals surface area contributed by atoms with E-state index in [4.69, 9.17) is 5.73 Å². The highest BCUT2D eigenvalue weighted by molar-refractivity contribution is 5.75. The molecule has 2 bridgehead atoms. The van der Waals surface area contributed by atoms with Crippen LogP contribution in [0.15, 0.2) is 24.3 Å². The van der Waals surface area contributed by atoms with E-state index < -0.39 is 0 Å². The summed E-state index contributed by atoms with van der Waals surface area (Å²) in [5.41, 5.74) is 7.06. The molecule has 114 valence electrons. The third kappa shape index (κ3) is 2.88. The van der Waals surface area contributed by atoms with Gasteiger partial charge in [0.2, 0.25) is 0 Å². The zero-order valence-electron chi connectivity index (χ0n) is 12.3. The van der Waals surface area contributed by atoms with Crippen LogP contribution in [0, 0.1) is 17.7 Å². The fourth-order valence-electron chi connectivity index (χ4n) is 3.54. The van der Waals surface area contributed by atoms with Gasteiger partial charge in [-0.2, -0.15) is 0 Å². The molecule has 1 aliphatic heterocycles. The molecule has 2 fully saturated rings. The van der Waals surface area contributed by atoms with Crippen molar-refractivity contribution in [1.29, 1.82) is 0 Å². The van der Waals surface area contributed by atoms with Gasteiger partial charge >= 0.3 is 6.03 Å². The van der Waals surface area contributed by atoms with E-state index in [-0.39, 0.29) is 23.9 Å². The van der Waals surface area contributed by atoms with Gasteiger partial charge in [0.05, 0.1) is 6.04 Å². The second kappa shape index (κ2) is 5.64. The van der Waals surface area contributed by atoms with Crippen molar-refractivity contribution in [3.05, 3.63) is 35.6 Å². The zero-order valence-corrected chi connectivity index (χ0v) is 12.3. The Labute approximate surface area is 124 Å². The first-order chi connectivity index (χ1) is 10.0. The summed E-state index contributed by atoms with van der Waals surface area (Å²) in [5.74, 6) is 0.616. The molecule has 1 unspecified atom stereocenters. The summed E-state index contributed by atoms with van der Waals surface area (Å²) in [6.07, 6.45) is 2.26. The van der Waals surface area contributed by atoms with Gasteiger partial charge in [0.1, 0.15) is 5.82 Å². The second-order valence-corrected chi connectivity index (χ2v) is 6.30. The fourth-order valence-corrected chi connectivity index (χ4v) is 3.54. The molecule has 1 saturated heterocycles. The lowest BCUT2D eigenvalue weighted by molar-refractivity contribution is 0.148. The normalized spacial score (nSPS) is 29.3. The van der Waals surface area contributed by atoms with Gasteiger partial charge in [-0.05, 0) is 49.3 Å². The Morgan fingerprint density at radius 3 is 2.43 bits per heavy atom. The van der Waals surface area contributed by atoms with E-state index in [1.165, 1.54) is 12.1 Å². The summed E-state index contributed by atoms with van der Waals surface area (Å²) in [6.45, 7) is 3.41. The van der Waals surface area contributed by atoms with Crippen LogP contribution < -0.4 is 11.1 Å². The Bertz CT molecular complexity index is 505. The Balaban J connectivity index is 1.60. The number of piperidine rings is 1. The van der Waals surface area contributed by atoms with E-state index in [0.717, 1.165) is 31.5 Å². The van der Waals surface area contributed by atoms with Crippen molar-refractivity contribution in [2.45, 2.75) is 31.8 Å². The van der Waals surface area contributed by atoms with E-state index in [0.29, 0.717) is 11.8 Å². The lowest BCUT2D eigenvalue weighted by Crippen LogP contribution is -2.53. The summed E-state index contributed by atoms with van der Waals surface area (Å²) in [7, 11) is 0. The van der Waals surface area contributed by atoms with Crippen molar-refractivity contribution in [3.8, 4) is 0 Å². The van der Waals surface area contributed by atoms with Crippen LogP contribution in [-0.2, 0) is 0 Å². The van der Waals surface area contributed by atoms with Gasteiger partial charge in [0.15, 0.2) is 0 Å². The molecule has 4 nitrogen and oxygen atoms in total. The van der Waals surface area contributed by atoms with Crippen molar-refractivity contribution in [3.63, 3.8) is 0 Å². The number of benzene rings is 1. The number of hydrogen-bond acceptors (Lipinski definition) is 2. The van der Waals surface area contributed by atoms with Crippen LogP contribution >= 0.6 is 0 Å². The van der Waals surface area contributed by atoms with Gasteiger partial charge in [-0.1, -0.05) is 12.1 Å². The minimum absolute atomic E-state index is 0.0457. The lowest BCUT2D eigenvalue weighted by Gasteiger charge is -2.36. The van der Waals surface area contributed by atoms with Gasteiger partial charge in [-0.25, -0.2) is 9.18 Å². The Hall–Kier alpha value is -1.62. The van der Waals surface area contributed by atoms with Crippen molar-refractivity contribution in [1.82, 2.24) is 10.2 Å². The fraction of sp³-hybridized carbons (Fsp3) is 0.562. The number of carbonyl (C=O) groups excluding carboxylic acids is 1. The first kappa shape index (κ1) is 14.3. The Kier molecular flexibility index (Phi) is 3.85. The quantitative estimate of drug-likeness (QED) is 0.878. The SMILES string of the molecule is C[C@H](NC(=O)N1C[C@H]2CC[C@@H](C1)C2N)c1ccc(F)cc1. The average Bonchev–Trinajstić information content (AvgIpc) is 2.69. The van der Waals surface area contributed by atoms with Crippen LogP contribution in [0.2, 0.25) is 0 Å². The molecule has 2 aliphatic rings. The highest BCUT2D eigenvalue weighted by atomic mass is 19.1. The highest BCUT2D eigenvalue weighted by Gasteiger charge is 2.41. The number of carbonyl (C=O) groups is 1. The molecule has 4 atom stereocenters. The summed E-state index contributed by atoms with van der Waals surface area (Å²) in [5, 5.41) is 2.99. The Morgan fingerprint density at radius 1 is 1.29 bits per heavy atom. The molecule has 0 aromatic heterocycles. The number of amides is 2. The Morgan fingerprint density at radius 2 is 1.86 bits per heavy atom. The van der Waals surface area contributed by atoms with Crippen LogP contribution in [0.4, 0.5) is 9.18 Å². The van der Waals surface area contributed by atoms with Gasteiger partial charge in [-0.3, -0.25) is 0 Å². The molecule has 3 rings (SSSR count). The number of halogens is 1. The molecule has 3 N–H and O–H groups in total. The summed E-state index contributed by atoms with van der Waals surface area (Å²) < 4.78 is 12.9. The van der Waals surface area contributed by atoms with Crippen LogP contribution in [0.25, 0.3) is 0 Å². The minimum atomic E-state index is -0.265. The zero-order chi connectivity index (χ0) is 15.0. The summed E-state index contributed by atoms with van der Waals surface area (Å²) in [6, 6.07) is 6.31. The highest BCUT2D eigenvalue weighted by Crippen LogP contribution is 2.35. The molecule has 21 heavy (non-hydrogen) atoms. The molecule has 0 radical (unpaired) electrons. The van der Waals surface area contributed by atoms with Crippen LogP contribution in [-0.4, -0.2) is 30.1 Å². The minimum Gasteiger partial charge on any atom is -0.331 e. The van der Waals surface area contributed by atoms with Crippen molar-refractivity contribution < 1.29 is 9.18 Å². The summed E-state index contributed by atoms with van der Waals surface area (Å²) in [4.78, 5) is 14.3. The molecular weight excluding hydrogens is 269 g/mol. The standard InChI is InChI=1S/C16H22FN3O/c1-10(11-4-6-14(17)7-5-11)19-16(21)20-8-12-2-3-13(9-20)15(12)18/h4-7,10,12-13,15H,2-3,8-9,18H2,1H3,(H,19,21)/t10-,12-,13+,15?/m0/s1. The van der Waals surface area contributed by atoms with E-state index >= 15 is 0 Å². The van der Waals surface area contributed by atoms with Crippen LogP contribution in [0.1, 0.15) is 31.4 Å². The first-order valence-corrected chi connectivity index (χ1v) is 7.61. The number of urea groups is 1. The van der Waals surface area contributed by atoms with Gasteiger partial charge in [0.25, 0.3) is 0 Å². The number of rotatable bonds is 2. The third-order valence-corrected chi connectivity index (χ3v) is 4.90. The molecule has 1 heterocycles. The third-order valence-electron chi connectivity index (χ3n) is 4.90. The maximum atomic E-state index is 12.9. The maximum Gasteiger partial charge on any atom is 0.317 e. The van der Waals surface area contributed by atoms with Crippen molar-refractivity contribution >= 4 is 6.03 Å². The molecule has 1 aliphatic carbocycles. The molecule has 1 saturated carbocycles. The number of likely N-dealkylation sites (tertiary alicyclic amines) is 1. The largest absolute Gasteiger partial charge is 0.331 e. The molecule has 1 aromatic carbocycles. The monoisotopic (exact) mass is 291 g/mol. The first-order valence-electron chi connectivity index (χ1n) is 7.61. The van der Waals surface area contributed by atoms with E-state index in [1.807, 2.05) is 11.8 Å². The second-order valence-electron chi connectivity index (χ2n) is 6.30. The number of nitrogens with zero attached hydrogens (tertiary/aromatic N) is 1. The average molecular weight is 291 g/mol. The van der Waals surface area contributed by atoms with Crippen molar-refractivity contribution in [2.24, 2.45) is 17.6 Å². The van der Waals surface area contributed by atoms with Gasteiger partial charge in [0, 0.05) is 19.1 Å². The van der Waals surface area contributed by atoms with Gasteiger partial charge in [-0.15, -0.1) is 0 Å². The maximum absolute atomic E-state index is 12.9. The predicted octanol–water partition coefficient (Wildman–Crippen LogP) is 2.27. The van der Waals surface area contributed by atoms with Crippen LogP contribution in [0.5, 0.6) is 0 Å². The molecule has 5 heteroatoms. The topological polar surface area (TPSA) is 58.4 Å².